The lowest BCUT2D eigenvalue weighted by Crippen LogP contribution is -2.39. The summed E-state index contributed by atoms with van der Waals surface area (Å²) in [6, 6.07) is 15.6. The molecule has 0 aliphatic heterocycles. The van der Waals surface area contributed by atoms with Gasteiger partial charge in [-0.2, -0.15) is 0 Å². The molecule has 0 saturated heterocycles. The molecule has 0 spiro atoms. The summed E-state index contributed by atoms with van der Waals surface area (Å²) in [7, 11) is 0. The van der Waals surface area contributed by atoms with Crippen molar-refractivity contribution in [1.82, 2.24) is 10.6 Å². The van der Waals surface area contributed by atoms with E-state index in [1.165, 1.54) is 0 Å². The van der Waals surface area contributed by atoms with Gasteiger partial charge in [0.1, 0.15) is 0 Å². The van der Waals surface area contributed by atoms with Gasteiger partial charge in [-0.1, -0.05) is 24.3 Å². The van der Waals surface area contributed by atoms with E-state index in [0.717, 1.165) is 22.5 Å². The lowest BCUT2D eigenvalue weighted by Gasteiger charge is -2.02. The van der Waals surface area contributed by atoms with Gasteiger partial charge < -0.3 is 34.4 Å². The Hall–Kier alpha value is -4.48. The predicted octanol–water partition coefficient (Wildman–Crippen LogP) is -0.756. The number of anilines is 2. The van der Waals surface area contributed by atoms with Crippen molar-refractivity contribution < 1.29 is 0 Å². The van der Waals surface area contributed by atoms with E-state index in [1.807, 2.05) is 59.2 Å². The van der Waals surface area contributed by atoms with Crippen molar-refractivity contribution in [1.29, 1.82) is 21.6 Å². The zero-order valence-electron chi connectivity index (χ0n) is 15.1. The van der Waals surface area contributed by atoms with E-state index >= 15 is 0 Å². The topological polar surface area (TPSA) is 276 Å². The van der Waals surface area contributed by atoms with Crippen LogP contribution in [0, 0.1) is 21.6 Å². The monoisotopic (exact) mass is 386 g/mol. The first-order chi connectivity index (χ1) is 13.0. The molecule has 12 heteroatoms. The summed E-state index contributed by atoms with van der Waals surface area (Å²) in [5.41, 5.74) is 34.1. The van der Waals surface area contributed by atoms with Gasteiger partial charge in [0.25, 0.3) is 0 Å². The second-order valence-electron chi connectivity index (χ2n) is 5.15. The summed E-state index contributed by atoms with van der Waals surface area (Å²) in [5, 5.41) is 29.9. The Labute approximate surface area is 162 Å². The largest absolute Gasteiger partial charge is 0.399 e. The highest BCUT2D eigenvalue weighted by atomic mass is 15.1. The molecule has 0 amide bonds. The first-order valence-corrected chi connectivity index (χ1v) is 7.62. The molecule has 28 heavy (non-hydrogen) atoms. The molecule has 0 fully saturated rings. The number of nitrogens with one attached hydrogen (secondary N) is 6. The van der Waals surface area contributed by atoms with Gasteiger partial charge in [0.2, 0.25) is 0 Å². The summed E-state index contributed by atoms with van der Waals surface area (Å²) in [5.74, 6) is -1.25. The highest BCUT2D eigenvalue weighted by Gasteiger charge is 1.95. The molecule has 2 aromatic rings. The van der Waals surface area contributed by atoms with E-state index in [2.05, 4.69) is 0 Å². The van der Waals surface area contributed by atoms with Crippen molar-refractivity contribution in [2.75, 3.05) is 11.5 Å². The molecule has 0 aromatic heterocycles. The summed E-state index contributed by atoms with van der Waals surface area (Å²) < 4.78 is 0. The normalized spacial score (nSPS) is 8.71. The van der Waals surface area contributed by atoms with Crippen LogP contribution >= 0.6 is 0 Å². The van der Waals surface area contributed by atoms with Gasteiger partial charge in [0.15, 0.2) is 23.8 Å². The fourth-order valence-electron chi connectivity index (χ4n) is 1.64. The van der Waals surface area contributed by atoms with E-state index in [0.29, 0.717) is 0 Å². The Balaban J connectivity index is 0.000000444. The molecule has 0 radical (unpaired) electrons. The third-order valence-electron chi connectivity index (χ3n) is 2.69. The van der Waals surface area contributed by atoms with Crippen LogP contribution in [-0.2, 0) is 0 Å². The molecule has 18 N–H and O–H groups in total. The van der Waals surface area contributed by atoms with Crippen LogP contribution in [0.25, 0.3) is 11.1 Å². The minimum Gasteiger partial charge on any atom is -0.399 e. The van der Waals surface area contributed by atoms with Gasteiger partial charge in [-0.3, -0.25) is 32.3 Å². The minimum absolute atomic E-state index is 0.312. The zero-order valence-corrected chi connectivity index (χ0v) is 15.1. The minimum atomic E-state index is -0.312. The van der Waals surface area contributed by atoms with Gasteiger partial charge in [-0.15, -0.1) is 0 Å². The quantitative estimate of drug-likeness (QED) is 0.168. The van der Waals surface area contributed by atoms with Gasteiger partial charge in [0.05, 0.1) is 0 Å². The lowest BCUT2D eigenvalue weighted by atomic mass is 10.1. The van der Waals surface area contributed by atoms with E-state index in [4.69, 9.17) is 56.0 Å². The summed E-state index contributed by atoms with van der Waals surface area (Å²) in [4.78, 5) is 0. The fourth-order valence-corrected chi connectivity index (χ4v) is 1.64. The maximum atomic E-state index is 6.47. The number of nitrogens with two attached hydrogens (primary N) is 6. The molecular weight excluding hydrogens is 360 g/mol. The SMILES string of the molecule is N=C(N)NC(=N)N.N=C(N)NC(=N)N.Nc1ccc(-c2ccc(N)cc2)cc1. The number of hydrogen-bond acceptors (Lipinski definition) is 6. The predicted molar refractivity (Wildman–Crippen MR) is 115 cm³/mol. The average Bonchev–Trinajstić information content (AvgIpc) is 2.55. The number of guanidine groups is 4. The van der Waals surface area contributed by atoms with E-state index in [1.54, 1.807) is 0 Å². The summed E-state index contributed by atoms with van der Waals surface area (Å²) >= 11 is 0. The summed E-state index contributed by atoms with van der Waals surface area (Å²) in [6.45, 7) is 0. The Kier molecular flexibility index (Phi) is 10.1. The van der Waals surface area contributed by atoms with Crippen LogP contribution in [-0.4, -0.2) is 23.8 Å². The van der Waals surface area contributed by atoms with Gasteiger partial charge in [0, 0.05) is 11.4 Å². The second-order valence-corrected chi connectivity index (χ2v) is 5.15. The molecule has 0 aliphatic rings. The Morgan fingerprint density at radius 1 is 0.500 bits per heavy atom. The molecule has 0 heterocycles. The van der Waals surface area contributed by atoms with Gasteiger partial charge >= 0.3 is 0 Å². The van der Waals surface area contributed by atoms with Gasteiger partial charge in [-0.25, -0.2) is 0 Å². The van der Waals surface area contributed by atoms with Crippen molar-refractivity contribution in [3.05, 3.63) is 48.5 Å². The maximum Gasteiger partial charge on any atom is 0.192 e. The highest BCUT2D eigenvalue weighted by Crippen LogP contribution is 2.21. The first kappa shape index (κ1) is 23.5. The van der Waals surface area contributed by atoms with Crippen LogP contribution in [0.15, 0.2) is 48.5 Å². The molecular formula is C16H26N12. The third kappa shape index (κ3) is 12.0. The van der Waals surface area contributed by atoms with Gasteiger partial charge in [-0.05, 0) is 35.4 Å². The van der Waals surface area contributed by atoms with E-state index in [-0.39, 0.29) is 23.8 Å². The van der Waals surface area contributed by atoms with Crippen molar-refractivity contribution in [3.63, 3.8) is 0 Å². The number of rotatable bonds is 1. The number of nitrogen functional groups attached to an aromatic ring is 2. The van der Waals surface area contributed by atoms with E-state index < -0.39 is 0 Å². The average molecular weight is 386 g/mol. The van der Waals surface area contributed by atoms with Crippen molar-refractivity contribution in [2.45, 2.75) is 0 Å². The molecule has 12 nitrogen and oxygen atoms in total. The van der Waals surface area contributed by atoms with Crippen LogP contribution < -0.4 is 45.0 Å². The smallest absolute Gasteiger partial charge is 0.192 e. The van der Waals surface area contributed by atoms with Crippen molar-refractivity contribution in [3.8, 4) is 11.1 Å². The Morgan fingerprint density at radius 3 is 0.857 bits per heavy atom. The van der Waals surface area contributed by atoms with Crippen LogP contribution in [0.5, 0.6) is 0 Å². The molecule has 150 valence electrons. The Morgan fingerprint density at radius 2 is 0.714 bits per heavy atom. The third-order valence-corrected chi connectivity index (χ3v) is 2.69. The van der Waals surface area contributed by atoms with Crippen LogP contribution in [0.2, 0.25) is 0 Å². The van der Waals surface area contributed by atoms with Crippen LogP contribution in [0.4, 0.5) is 11.4 Å². The molecule has 2 rings (SSSR count). The number of hydrogen-bond donors (Lipinski definition) is 12. The van der Waals surface area contributed by atoms with Crippen molar-refractivity contribution in [2.24, 2.45) is 22.9 Å². The number of benzene rings is 2. The standard InChI is InChI=1S/C12H12N2.2C2H7N5/c13-11-5-1-9(2-6-11)10-3-7-12(14)8-4-10;2*3-1(4)7-2(5)6/h1-8H,13-14H2;2*(H7,3,4,5,6,7). The summed E-state index contributed by atoms with van der Waals surface area (Å²) in [6.07, 6.45) is 0. The first-order valence-electron chi connectivity index (χ1n) is 7.62. The molecule has 0 atom stereocenters. The second kappa shape index (κ2) is 12.0. The highest BCUT2D eigenvalue weighted by molar-refractivity contribution is 5.94. The van der Waals surface area contributed by atoms with Crippen molar-refractivity contribution >= 4 is 35.2 Å². The zero-order chi connectivity index (χ0) is 21.7. The lowest BCUT2D eigenvalue weighted by molar-refractivity contribution is 1.18. The maximum absolute atomic E-state index is 6.47. The Bertz CT molecular complexity index is 702. The van der Waals surface area contributed by atoms with Crippen LogP contribution in [0.3, 0.4) is 0 Å². The molecule has 0 bridgehead atoms. The molecule has 0 aliphatic carbocycles. The fraction of sp³-hybridized carbons (Fsp3) is 0. The molecule has 0 unspecified atom stereocenters. The molecule has 2 aromatic carbocycles. The van der Waals surface area contributed by atoms with E-state index in [9.17, 15) is 0 Å². The van der Waals surface area contributed by atoms with Crippen LogP contribution in [0.1, 0.15) is 0 Å². The molecule has 0 saturated carbocycles.